The van der Waals surface area contributed by atoms with Crippen LogP contribution >= 0.6 is 0 Å². The fourth-order valence-corrected chi connectivity index (χ4v) is 6.24. The highest BCUT2D eigenvalue weighted by molar-refractivity contribution is 5.72. The van der Waals surface area contributed by atoms with Crippen LogP contribution in [0, 0.1) is 28.6 Å². The Morgan fingerprint density at radius 1 is 1.19 bits per heavy atom. The summed E-state index contributed by atoms with van der Waals surface area (Å²) in [5.41, 5.74) is 0.925. The Bertz CT molecular complexity index is 949. The van der Waals surface area contributed by atoms with Gasteiger partial charge in [0, 0.05) is 19.4 Å². The van der Waals surface area contributed by atoms with Crippen LogP contribution in [-0.4, -0.2) is 36.6 Å². The number of hydrogen-bond acceptors (Lipinski definition) is 7. The van der Waals surface area contributed by atoms with Crippen LogP contribution in [0.15, 0.2) is 36.0 Å². The highest BCUT2D eigenvalue weighted by Crippen LogP contribution is 2.67. The van der Waals surface area contributed by atoms with Gasteiger partial charge in [-0.3, -0.25) is 19.1 Å². The minimum Gasteiger partial charge on any atom is -0.458 e. The maximum atomic E-state index is 12.8. The molecule has 1 saturated carbocycles. The van der Waals surface area contributed by atoms with E-state index in [9.17, 15) is 14.4 Å². The standard InChI is InChI=1S/C29H42O7/c1-9-17(3)11-13-28(8)19(5)12-14-29-23(26(33-20(6)30)36-27(29)34-21(7)31)15-22(16-24(28)29)35-25(32)18(4)10-2/h9,11,15,18-19,22,24,26-27H,1,10,12-14,16H2,2-8H3/b17-11+/t18?,19-,22+,24+,26+,27-,28-,29+/m0/s1. The van der Waals surface area contributed by atoms with Gasteiger partial charge < -0.3 is 14.2 Å². The molecule has 7 nitrogen and oxygen atoms in total. The van der Waals surface area contributed by atoms with Crippen molar-refractivity contribution >= 4 is 17.9 Å². The quantitative estimate of drug-likeness (QED) is 0.184. The second-order valence-electron chi connectivity index (χ2n) is 11.1. The van der Waals surface area contributed by atoms with Crippen molar-refractivity contribution in [3.8, 4) is 0 Å². The highest BCUT2D eigenvalue weighted by atomic mass is 16.8. The number of carbonyl (C=O) groups excluding carboxylic acids is 3. The first-order valence-corrected chi connectivity index (χ1v) is 13.1. The van der Waals surface area contributed by atoms with E-state index >= 15 is 0 Å². The molecule has 0 radical (unpaired) electrons. The van der Waals surface area contributed by atoms with Crippen LogP contribution in [0.3, 0.4) is 0 Å². The molecule has 1 saturated heterocycles. The summed E-state index contributed by atoms with van der Waals surface area (Å²) < 4.78 is 23.5. The molecule has 36 heavy (non-hydrogen) atoms. The lowest BCUT2D eigenvalue weighted by molar-refractivity contribution is -0.235. The van der Waals surface area contributed by atoms with Crippen LogP contribution in [0.4, 0.5) is 0 Å². The number of hydrogen-bond donors (Lipinski definition) is 0. The van der Waals surface area contributed by atoms with E-state index in [2.05, 4.69) is 26.5 Å². The molecule has 1 aliphatic heterocycles. The molecule has 2 fully saturated rings. The van der Waals surface area contributed by atoms with Crippen molar-refractivity contribution in [3.63, 3.8) is 0 Å². The van der Waals surface area contributed by atoms with E-state index in [-0.39, 0.29) is 23.2 Å². The van der Waals surface area contributed by atoms with Crippen LogP contribution < -0.4 is 0 Å². The zero-order valence-corrected chi connectivity index (χ0v) is 22.8. The van der Waals surface area contributed by atoms with Crippen LogP contribution in [0.2, 0.25) is 0 Å². The van der Waals surface area contributed by atoms with Gasteiger partial charge in [0.15, 0.2) is 0 Å². The van der Waals surface area contributed by atoms with Gasteiger partial charge in [-0.2, -0.15) is 0 Å². The third kappa shape index (κ3) is 5.17. The Kier molecular flexibility index (Phi) is 8.54. The summed E-state index contributed by atoms with van der Waals surface area (Å²) in [6.07, 6.45) is 7.17. The van der Waals surface area contributed by atoms with Crippen molar-refractivity contribution in [2.24, 2.45) is 28.6 Å². The average molecular weight is 503 g/mol. The third-order valence-electron chi connectivity index (χ3n) is 8.84. The average Bonchev–Trinajstić information content (AvgIpc) is 3.10. The Morgan fingerprint density at radius 2 is 1.86 bits per heavy atom. The number of allylic oxidation sites excluding steroid dienone is 3. The molecule has 0 aromatic carbocycles. The lowest BCUT2D eigenvalue weighted by atomic mass is 9.46. The summed E-state index contributed by atoms with van der Waals surface area (Å²) in [6, 6.07) is 0. The molecule has 1 heterocycles. The molecule has 0 aromatic heterocycles. The van der Waals surface area contributed by atoms with Crippen molar-refractivity contribution in [2.45, 2.75) is 99.3 Å². The lowest BCUT2D eigenvalue weighted by Crippen LogP contribution is -2.57. The van der Waals surface area contributed by atoms with Gasteiger partial charge >= 0.3 is 17.9 Å². The molecule has 2 aliphatic carbocycles. The molecule has 1 unspecified atom stereocenters. The van der Waals surface area contributed by atoms with Gasteiger partial charge in [-0.15, -0.1) is 0 Å². The first-order valence-electron chi connectivity index (χ1n) is 13.1. The molecular weight excluding hydrogens is 460 g/mol. The summed E-state index contributed by atoms with van der Waals surface area (Å²) >= 11 is 0. The summed E-state index contributed by atoms with van der Waals surface area (Å²) in [5.74, 6) is -1.13. The van der Waals surface area contributed by atoms with Gasteiger partial charge in [-0.1, -0.05) is 52.0 Å². The zero-order chi connectivity index (χ0) is 26.8. The maximum absolute atomic E-state index is 12.8. The van der Waals surface area contributed by atoms with Crippen molar-refractivity contribution in [1.82, 2.24) is 0 Å². The van der Waals surface area contributed by atoms with Crippen LogP contribution in [0.1, 0.15) is 80.6 Å². The van der Waals surface area contributed by atoms with E-state index in [1.165, 1.54) is 13.8 Å². The summed E-state index contributed by atoms with van der Waals surface area (Å²) in [6.45, 7) is 16.9. The normalized spacial score (nSPS) is 36.6. The van der Waals surface area contributed by atoms with Crippen molar-refractivity contribution in [1.29, 1.82) is 0 Å². The van der Waals surface area contributed by atoms with Gasteiger partial charge in [0.05, 0.1) is 11.3 Å². The van der Waals surface area contributed by atoms with Gasteiger partial charge in [-0.25, -0.2) is 0 Å². The van der Waals surface area contributed by atoms with Gasteiger partial charge in [0.25, 0.3) is 0 Å². The minimum atomic E-state index is -0.998. The minimum absolute atomic E-state index is 0.0535. The Labute approximate surface area is 215 Å². The monoisotopic (exact) mass is 502 g/mol. The summed E-state index contributed by atoms with van der Waals surface area (Å²) in [5, 5.41) is 0. The van der Waals surface area contributed by atoms with Crippen LogP contribution in [0.5, 0.6) is 0 Å². The zero-order valence-electron chi connectivity index (χ0n) is 22.8. The Balaban J connectivity index is 2.16. The molecule has 3 aliphatic rings. The molecule has 0 aromatic rings. The van der Waals surface area contributed by atoms with Crippen molar-refractivity contribution < 1.29 is 33.3 Å². The van der Waals surface area contributed by atoms with E-state index in [1.54, 1.807) is 0 Å². The van der Waals surface area contributed by atoms with Crippen molar-refractivity contribution in [2.75, 3.05) is 0 Å². The molecule has 7 heteroatoms. The lowest BCUT2D eigenvalue weighted by Gasteiger charge is -2.58. The van der Waals surface area contributed by atoms with E-state index in [4.69, 9.17) is 18.9 Å². The number of rotatable bonds is 8. The molecule has 0 N–H and O–H groups in total. The fourth-order valence-electron chi connectivity index (χ4n) is 6.24. The largest absolute Gasteiger partial charge is 0.458 e. The van der Waals surface area contributed by atoms with Gasteiger partial charge in [-0.05, 0) is 62.4 Å². The first-order chi connectivity index (χ1) is 16.9. The third-order valence-corrected chi connectivity index (χ3v) is 8.84. The smallest absolute Gasteiger partial charge is 0.309 e. The molecule has 0 amide bonds. The van der Waals surface area contributed by atoms with E-state index in [0.29, 0.717) is 25.2 Å². The second kappa shape index (κ2) is 10.9. The van der Waals surface area contributed by atoms with E-state index in [1.807, 2.05) is 32.9 Å². The number of carbonyl (C=O) groups is 3. The van der Waals surface area contributed by atoms with Crippen LogP contribution in [-0.2, 0) is 33.3 Å². The first kappa shape index (κ1) is 28.2. The van der Waals surface area contributed by atoms with Gasteiger partial charge in [0.1, 0.15) is 6.10 Å². The molecule has 0 bridgehead atoms. The SMILES string of the molecule is C=C/C(C)=C/C[C@]1(C)[C@H]2C[C@H](OC(=O)C(C)CC)C=C3[C@H](OC(C)=O)O[C@H](OC(C)=O)[C@]32CC[C@@H]1C. The molecule has 3 rings (SSSR count). The predicted octanol–water partition coefficient (Wildman–Crippen LogP) is 5.64. The highest BCUT2D eigenvalue weighted by Gasteiger charge is 2.67. The maximum Gasteiger partial charge on any atom is 0.309 e. The van der Waals surface area contributed by atoms with E-state index in [0.717, 1.165) is 24.0 Å². The molecular formula is C29H42O7. The van der Waals surface area contributed by atoms with Gasteiger partial charge in [0.2, 0.25) is 12.6 Å². The summed E-state index contributed by atoms with van der Waals surface area (Å²) in [4.78, 5) is 36.9. The number of esters is 3. The summed E-state index contributed by atoms with van der Waals surface area (Å²) in [7, 11) is 0. The number of ether oxygens (including phenoxy) is 4. The fraction of sp³-hybridized carbons (Fsp3) is 0.690. The predicted molar refractivity (Wildman–Crippen MR) is 135 cm³/mol. The van der Waals surface area contributed by atoms with E-state index < -0.39 is 36.0 Å². The topological polar surface area (TPSA) is 88.1 Å². The molecule has 8 atom stereocenters. The molecule has 200 valence electrons. The Hall–Kier alpha value is -2.41. The second-order valence-corrected chi connectivity index (χ2v) is 11.1. The van der Waals surface area contributed by atoms with Crippen LogP contribution in [0.25, 0.3) is 0 Å². The van der Waals surface area contributed by atoms with Crippen molar-refractivity contribution in [3.05, 3.63) is 36.0 Å². The Morgan fingerprint density at radius 3 is 2.44 bits per heavy atom. The molecule has 1 spiro atoms.